The maximum atomic E-state index is 5.82. The van der Waals surface area contributed by atoms with E-state index in [-0.39, 0.29) is 10.8 Å². The van der Waals surface area contributed by atoms with Crippen molar-refractivity contribution in [2.45, 2.75) is 39.5 Å². The van der Waals surface area contributed by atoms with Gasteiger partial charge in [0, 0.05) is 11.1 Å². The molecule has 0 radical (unpaired) electrons. The maximum Gasteiger partial charge on any atom is 0.0314 e. The zero-order valence-corrected chi connectivity index (χ0v) is 13.0. The molecule has 1 aliphatic rings. The molecule has 1 aromatic rings. The van der Waals surface area contributed by atoms with Crippen molar-refractivity contribution in [1.29, 1.82) is 0 Å². The van der Waals surface area contributed by atoms with Crippen LogP contribution in [0.2, 0.25) is 0 Å². The number of hydrogen-bond acceptors (Lipinski definition) is 1. The zero-order chi connectivity index (χ0) is 15.0. The molecule has 1 unspecified atom stereocenters. The predicted octanol–water partition coefficient (Wildman–Crippen LogP) is 5.02. The molecule has 0 amide bonds. The second-order valence-electron chi connectivity index (χ2n) is 6.65. The summed E-state index contributed by atoms with van der Waals surface area (Å²) in [4.78, 5) is 0. The first-order chi connectivity index (χ1) is 9.31. The highest BCUT2D eigenvalue weighted by molar-refractivity contribution is 5.52. The van der Waals surface area contributed by atoms with Gasteiger partial charge in [0.2, 0.25) is 0 Å². The third-order valence-corrected chi connectivity index (χ3v) is 4.76. The van der Waals surface area contributed by atoms with Crippen molar-refractivity contribution in [3.63, 3.8) is 0 Å². The molecular weight excluding hydrogens is 242 g/mol. The molecule has 106 valence electrons. The van der Waals surface area contributed by atoms with Gasteiger partial charge in [-0.25, -0.2) is 0 Å². The van der Waals surface area contributed by atoms with Crippen molar-refractivity contribution in [2.24, 2.45) is 5.41 Å². The molecule has 1 aromatic carbocycles. The van der Waals surface area contributed by atoms with Crippen LogP contribution in [0.3, 0.4) is 0 Å². The number of nitrogen functional groups attached to an aromatic ring is 1. The molecule has 1 heteroatoms. The van der Waals surface area contributed by atoms with Gasteiger partial charge in [-0.2, -0.15) is 0 Å². The first-order valence-electron chi connectivity index (χ1n) is 7.18. The maximum absolute atomic E-state index is 5.82. The second-order valence-corrected chi connectivity index (χ2v) is 6.65. The minimum absolute atomic E-state index is 0.0425. The molecule has 0 aliphatic heterocycles. The Labute approximate surface area is 122 Å². The molecule has 0 saturated heterocycles. The van der Waals surface area contributed by atoms with Crippen LogP contribution in [0.15, 0.2) is 60.2 Å². The second kappa shape index (κ2) is 4.97. The third kappa shape index (κ3) is 2.33. The summed E-state index contributed by atoms with van der Waals surface area (Å²) in [7, 11) is 0. The van der Waals surface area contributed by atoms with E-state index in [0.717, 1.165) is 12.1 Å². The van der Waals surface area contributed by atoms with E-state index in [1.165, 1.54) is 16.7 Å². The van der Waals surface area contributed by atoms with Crippen molar-refractivity contribution >= 4 is 5.69 Å². The van der Waals surface area contributed by atoms with E-state index in [1.807, 2.05) is 24.3 Å². The largest absolute Gasteiger partial charge is 0.399 e. The lowest BCUT2D eigenvalue weighted by molar-refractivity contribution is 0.368. The molecule has 0 spiro atoms. The summed E-state index contributed by atoms with van der Waals surface area (Å²) < 4.78 is 0. The highest BCUT2D eigenvalue weighted by atomic mass is 14.5. The van der Waals surface area contributed by atoms with Gasteiger partial charge >= 0.3 is 0 Å². The monoisotopic (exact) mass is 267 g/mol. The first-order valence-corrected chi connectivity index (χ1v) is 7.18. The summed E-state index contributed by atoms with van der Waals surface area (Å²) in [5.41, 5.74) is 11.1. The van der Waals surface area contributed by atoms with Crippen LogP contribution in [0, 0.1) is 5.41 Å². The molecule has 0 saturated carbocycles. The Morgan fingerprint density at radius 3 is 2.30 bits per heavy atom. The molecular formula is C19H25N. The molecule has 0 heterocycles. The zero-order valence-electron chi connectivity index (χ0n) is 13.0. The number of anilines is 1. The van der Waals surface area contributed by atoms with Crippen molar-refractivity contribution in [3.05, 3.63) is 65.8 Å². The van der Waals surface area contributed by atoms with Gasteiger partial charge in [0.25, 0.3) is 0 Å². The standard InChI is InChI=1S/C19H25N/c1-6-7-8-17-14(2)18(3,4)13-19(17,5)15-9-11-16(20)12-10-15/h6-12H,1,13,20H2,2-5H3/b8-7-. The summed E-state index contributed by atoms with van der Waals surface area (Å²) in [5, 5.41) is 0. The fraction of sp³-hybridized carbons (Fsp3) is 0.368. The quantitative estimate of drug-likeness (QED) is 0.604. The van der Waals surface area contributed by atoms with Gasteiger partial charge in [0.15, 0.2) is 0 Å². The fourth-order valence-electron chi connectivity index (χ4n) is 3.47. The molecule has 2 rings (SSSR count). The number of allylic oxidation sites excluding steroid dienone is 5. The van der Waals surface area contributed by atoms with Gasteiger partial charge in [0.1, 0.15) is 0 Å². The first kappa shape index (κ1) is 14.6. The summed E-state index contributed by atoms with van der Waals surface area (Å²) in [5.74, 6) is 0. The van der Waals surface area contributed by atoms with Crippen LogP contribution in [-0.2, 0) is 5.41 Å². The van der Waals surface area contributed by atoms with Gasteiger partial charge in [-0.1, -0.05) is 63.3 Å². The average molecular weight is 267 g/mol. The minimum atomic E-state index is 0.0425. The van der Waals surface area contributed by atoms with Crippen LogP contribution < -0.4 is 5.73 Å². The molecule has 0 bridgehead atoms. The summed E-state index contributed by atoms with van der Waals surface area (Å²) in [6, 6.07) is 8.31. The summed E-state index contributed by atoms with van der Waals surface area (Å²) in [6.07, 6.45) is 7.21. The normalized spacial score (nSPS) is 25.4. The SMILES string of the molecule is C=C/C=C\C1=C(C)C(C)(C)CC1(C)c1ccc(N)cc1. The number of hydrogen-bond donors (Lipinski definition) is 1. The molecule has 1 nitrogen and oxygen atoms in total. The molecule has 0 fully saturated rings. The molecule has 1 atom stereocenters. The van der Waals surface area contributed by atoms with Crippen LogP contribution in [0.1, 0.15) is 39.7 Å². The van der Waals surface area contributed by atoms with E-state index in [9.17, 15) is 0 Å². The molecule has 2 N–H and O–H groups in total. The highest BCUT2D eigenvalue weighted by Gasteiger charge is 2.44. The lowest BCUT2D eigenvalue weighted by Gasteiger charge is -2.30. The van der Waals surface area contributed by atoms with Crippen LogP contribution in [0.25, 0.3) is 0 Å². The van der Waals surface area contributed by atoms with Gasteiger partial charge in [0.05, 0.1) is 0 Å². The predicted molar refractivity (Wildman–Crippen MR) is 88.6 cm³/mol. The number of nitrogens with two attached hydrogens (primary N) is 1. The number of rotatable bonds is 3. The van der Waals surface area contributed by atoms with Gasteiger partial charge in [-0.15, -0.1) is 0 Å². The Morgan fingerprint density at radius 2 is 1.75 bits per heavy atom. The summed E-state index contributed by atoms with van der Waals surface area (Å²) in [6.45, 7) is 13.0. The van der Waals surface area contributed by atoms with Crippen molar-refractivity contribution < 1.29 is 0 Å². The van der Waals surface area contributed by atoms with Crippen LogP contribution in [0.5, 0.6) is 0 Å². The van der Waals surface area contributed by atoms with Crippen LogP contribution >= 0.6 is 0 Å². The third-order valence-electron chi connectivity index (χ3n) is 4.76. The Morgan fingerprint density at radius 1 is 1.15 bits per heavy atom. The number of benzene rings is 1. The van der Waals surface area contributed by atoms with Crippen LogP contribution in [-0.4, -0.2) is 0 Å². The Balaban J connectivity index is 2.56. The topological polar surface area (TPSA) is 26.0 Å². The Bertz CT molecular complexity index is 572. The summed E-state index contributed by atoms with van der Waals surface area (Å²) >= 11 is 0. The van der Waals surface area contributed by atoms with E-state index < -0.39 is 0 Å². The van der Waals surface area contributed by atoms with Crippen molar-refractivity contribution in [1.82, 2.24) is 0 Å². The van der Waals surface area contributed by atoms with E-state index in [0.29, 0.717) is 0 Å². The lowest BCUT2D eigenvalue weighted by Crippen LogP contribution is -2.23. The van der Waals surface area contributed by atoms with Crippen molar-refractivity contribution in [3.8, 4) is 0 Å². The smallest absolute Gasteiger partial charge is 0.0314 e. The van der Waals surface area contributed by atoms with Crippen molar-refractivity contribution in [2.75, 3.05) is 5.73 Å². The van der Waals surface area contributed by atoms with E-state index in [2.05, 4.69) is 52.5 Å². The van der Waals surface area contributed by atoms with E-state index in [4.69, 9.17) is 5.73 Å². The van der Waals surface area contributed by atoms with Crippen LogP contribution in [0.4, 0.5) is 5.69 Å². The molecule has 20 heavy (non-hydrogen) atoms. The Hall–Kier alpha value is -1.76. The average Bonchev–Trinajstić information content (AvgIpc) is 2.55. The van der Waals surface area contributed by atoms with E-state index >= 15 is 0 Å². The molecule has 0 aromatic heterocycles. The fourth-order valence-corrected chi connectivity index (χ4v) is 3.47. The van der Waals surface area contributed by atoms with Gasteiger partial charge < -0.3 is 5.73 Å². The Kier molecular flexibility index (Phi) is 3.64. The van der Waals surface area contributed by atoms with Gasteiger partial charge in [-0.3, -0.25) is 0 Å². The van der Waals surface area contributed by atoms with E-state index in [1.54, 1.807) is 0 Å². The van der Waals surface area contributed by atoms with Gasteiger partial charge in [-0.05, 0) is 42.0 Å². The highest BCUT2D eigenvalue weighted by Crippen LogP contribution is 2.54. The lowest BCUT2D eigenvalue weighted by atomic mass is 9.73. The minimum Gasteiger partial charge on any atom is -0.399 e. The molecule has 1 aliphatic carbocycles.